The molecule has 2 atom stereocenters. The Kier molecular flexibility index (Phi) is 6.02. The van der Waals surface area contributed by atoms with E-state index < -0.39 is 23.4 Å². The predicted octanol–water partition coefficient (Wildman–Crippen LogP) is 4.06. The minimum atomic E-state index is -0.794. The van der Waals surface area contributed by atoms with E-state index in [4.69, 9.17) is 4.74 Å². The molecule has 2 amide bonds. The number of carboxylic acids is 1. The summed E-state index contributed by atoms with van der Waals surface area (Å²) in [6.45, 7) is 0.461. The molecule has 0 saturated heterocycles. The average molecular weight is 463 g/mol. The maximum absolute atomic E-state index is 12.9. The van der Waals surface area contributed by atoms with Crippen LogP contribution < -0.4 is 10.6 Å². The standard InChI is InChI=1S/C27H30N2O5/c30-24(31)17-6-5-7-18(14-17)29-25(32)27(12-13-27)16-28-26(33)34-15-23-21-10-3-1-8-19(21)20-9-2-4-11-22(20)23/h1-4,8-11,17-18,23H,5-7,12-16H2,(H,28,33)(H,29,32)(H,30,31). The van der Waals surface area contributed by atoms with E-state index in [1.165, 1.54) is 11.1 Å². The zero-order valence-corrected chi connectivity index (χ0v) is 19.1. The van der Waals surface area contributed by atoms with Crippen molar-refractivity contribution in [3.8, 4) is 11.1 Å². The Morgan fingerprint density at radius 2 is 1.62 bits per heavy atom. The van der Waals surface area contributed by atoms with E-state index in [1.54, 1.807) is 0 Å². The first-order valence-corrected chi connectivity index (χ1v) is 12.1. The van der Waals surface area contributed by atoms with Crippen LogP contribution >= 0.6 is 0 Å². The van der Waals surface area contributed by atoms with Gasteiger partial charge in [-0.25, -0.2) is 4.79 Å². The number of hydrogen-bond donors (Lipinski definition) is 3. The van der Waals surface area contributed by atoms with Gasteiger partial charge in [0.05, 0.1) is 11.3 Å². The molecule has 0 radical (unpaired) electrons. The minimum absolute atomic E-state index is 0.00943. The van der Waals surface area contributed by atoms with Crippen LogP contribution in [0.1, 0.15) is 55.6 Å². The summed E-state index contributed by atoms with van der Waals surface area (Å²) in [6.07, 6.45) is 3.62. The minimum Gasteiger partial charge on any atom is -0.481 e. The summed E-state index contributed by atoms with van der Waals surface area (Å²) >= 11 is 0. The lowest BCUT2D eigenvalue weighted by molar-refractivity contribution is -0.143. The Hall–Kier alpha value is -3.35. The average Bonchev–Trinajstić information content (AvgIpc) is 3.58. The monoisotopic (exact) mass is 462 g/mol. The van der Waals surface area contributed by atoms with Crippen LogP contribution in [-0.2, 0) is 14.3 Å². The predicted molar refractivity (Wildman–Crippen MR) is 126 cm³/mol. The second-order valence-corrected chi connectivity index (χ2v) is 9.83. The van der Waals surface area contributed by atoms with Gasteiger partial charge in [-0.15, -0.1) is 0 Å². The summed E-state index contributed by atoms with van der Waals surface area (Å²) in [7, 11) is 0. The van der Waals surface area contributed by atoms with Gasteiger partial charge < -0.3 is 20.5 Å². The van der Waals surface area contributed by atoms with Crippen LogP contribution in [0.15, 0.2) is 48.5 Å². The molecule has 2 aromatic rings. The van der Waals surface area contributed by atoms with Crippen molar-refractivity contribution in [2.24, 2.45) is 11.3 Å². The van der Waals surface area contributed by atoms with Crippen molar-refractivity contribution in [3.05, 3.63) is 59.7 Å². The molecule has 2 unspecified atom stereocenters. The fourth-order valence-electron chi connectivity index (χ4n) is 5.41. The van der Waals surface area contributed by atoms with Gasteiger partial charge >= 0.3 is 12.1 Å². The van der Waals surface area contributed by atoms with Crippen molar-refractivity contribution in [3.63, 3.8) is 0 Å². The zero-order chi connectivity index (χ0) is 23.7. The third-order valence-electron chi connectivity index (χ3n) is 7.61. The quantitative estimate of drug-likeness (QED) is 0.576. The zero-order valence-electron chi connectivity index (χ0n) is 19.1. The Bertz CT molecular complexity index is 1060. The number of carbonyl (C=O) groups excluding carboxylic acids is 2. The van der Waals surface area contributed by atoms with E-state index >= 15 is 0 Å². The largest absolute Gasteiger partial charge is 0.481 e. The third-order valence-corrected chi connectivity index (χ3v) is 7.61. The number of hydrogen-bond acceptors (Lipinski definition) is 4. The van der Waals surface area contributed by atoms with Crippen LogP contribution in [0.5, 0.6) is 0 Å². The highest BCUT2D eigenvalue weighted by molar-refractivity contribution is 5.86. The summed E-state index contributed by atoms with van der Waals surface area (Å²) in [5.41, 5.74) is 4.05. The number of carbonyl (C=O) groups is 3. The van der Waals surface area contributed by atoms with Crippen molar-refractivity contribution < 1.29 is 24.2 Å². The van der Waals surface area contributed by atoms with Gasteiger partial charge in [-0.3, -0.25) is 9.59 Å². The van der Waals surface area contributed by atoms with Gasteiger partial charge in [0.15, 0.2) is 0 Å². The van der Waals surface area contributed by atoms with Crippen LogP contribution in [-0.4, -0.2) is 42.3 Å². The fraction of sp³-hybridized carbons (Fsp3) is 0.444. The number of fused-ring (bicyclic) bond motifs is 3. The molecule has 7 heteroatoms. The molecular weight excluding hydrogens is 432 g/mol. The number of alkyl carbamates (subject to hydrolysis) is 1. The number of aliphatic carboxylic acids is 1. The molecular formula is C27H30N2O5. The summed E-state index contributed by atoms with van der Waals surface area (Å²) in [5, 5.41) is 15.1. The summed E-state index contributed by atoms with van der Waals surface area (Å²) < 4.78 is 5.59. The van der Waals surface area contributed by atoms with Crippen LogP contribution in [0.25, 0.3) is 11.1 Å². The Balaban J connectivity index is 1.14. The molecule has 2 aromatic carbocycles. The van der Waals surface area contributed by atoms with Crippen LogP contribution in [0, 0.1) is 11.3 Å². The Morgan fingerprint density at radius 3 is 2.24 bits per heavy atom. The molecule has 0 bridgehead atoms. The van der Waals surface area contributed by atoms with Crippen molar-refractivity contribution in [2.45, 2.75) is 50.5 Å². The molecule has 2 fully saturated rings. The molecule has 0 heterocycles. The van der Waals surface area contributed by atoms with Crippen LogP contribution in [0.3, 0.4) is 0 Å². The number of carboxylic acid groups (broad SMARTS) is 1. The molecule has 34 heavy (non-hydrogen) atoms. The molecule has 3 aliphatic carbocycles. The third kappa shape index (κ3) is 4.39. The van der Waals surface area contributed by atoms with E-state index in [-0.39, 0.29) is 31.0 Å². The number of ether oxygens (including phenoxy) is 1. The SMILES string of the molecule is O=C(NCC1(C(=O)NC2CCCC(C(=O)O)C2)CC1)OCC1c2ccccc2-c2ccccc21. The molecule has 5 rings (SSSR count). The fourth-order valence-corrected chi connectivity index (χ4v) is 5.41. The van der Waals surface area contributed by atoms with Crippen LogP contribution in [0.2, 0.25) is 0 Å². The summed E-state index contributed by atoms with van der Waals surface area (Å²) in [6, 6.07) is 16.2. The summed E-state index contributed by atoms with van der Waals surface area (Å²) in [5.74, 6) is -1.29. The first-order valence-electron chi connectivity index (χ1n) is 12.1. The van der Waals surface area contributed by atoms with Crippen molar-refractivity contribution in [1.82, 2.24) is 10.6 Å². The van der Waals surface area contributed by atoms with Gasteiger partial charge in [-0.1, -0.05) is 55.0 Å². The maximum atomic E-state index is 12.9. The Morgan fingerprint density at radius 1 is 0.971 bits per heavy atom. The van der Waals surface area contributed by atoms with Gasteiger partial charge in [0, 0.05) is 18.5 Å². The molecule has 0 aliphatic heterocycles. The number of amides is 2. The first-order chi connectivity index (χ1) is 16.5. The van der Waals surface area contributed by atoms with Gasteiger partial charge in [-0.05, 0) is 54.4 Å². The van der Waals surface area contributed by atoms with Crippen molar-refractivity contribution >= 4 is 18.0 Å². The number of rotatable bonds is 7. The van der Waals surface area contributed by atoms with Gasteiger partial charge in [0.1, 0.15) is 6.61 Å². The van der Waals surface area contributed by atoms with E-state index in [0.717, 1.165) is 24.0 Å². The highest BCUT2D eigenvalue weighted by Gasteiger charge is 2.50. The number of nitrogens with one attached hydrogen (secondary N) is 2. The second-order valence-electron chi connectivity index (χ2n) is 9.83. The van der Waals surface area contributed by atoms with Crippen molar-refractivity contribution in [1.29, 1.82) is 0 Å². The lowest BCUT2D eigenvalue weighted by Gasteiger charge is -2.29. The van der Waals surface area contributed by atoms with E-state index in [2.05, 4.69) is 34.9 Å². The Labute approximate surface area is 198 Å². The lowest BCUT2D eigenvalue weighted by atomic mass is 9.85. The lowest BCUT2D eigenvalue weighted by Crippen LogP contribution is -2.46. The van der Waals surface area contributed by atoms with E-state index in [9.17, 15) is 19.5 Å². The summed E-state index contributed by atoms with van der Waals surface area (Å²) in [4.78, 5) is 36.7. The molecule has 0 aromatic heterocycles. The first kappa shape index (κ1) is 22.4. The van der Waals surface area contributed by atoms with Gasteiger partial charge in [0.2, 0.25) is 5.91 Å². The number of benzene rings is 2. The van der Waals surface area contributed by atoms with Crippen molar-refractivity contribution in [2.75, 3.05) is 13.2 Å². The topological polar surface area (TPSA) is 105 Å². The second kappa shape index (κ2) is 9.12. The van der Waals surface area contributed by atoms with E-state index in [0.29, 0.717) is 25.7 Å². The van der Waals surface area contributed by atoms with Gasteiger partial charge in [0.25, 0.3) is 0 Å². The molecule has 0 spiro atoms. The molecule has 3 aliphatic rings. The molecule has 2 saturated carbocycles. The smallest absolute Gasteiger partial charge is 0.407 e. The molecule has 3 N–H and O–H groups in total. The van der Waals surface area contributed by atoms with Gasteiger partial charge in [-0.2, -0.15) is 0 Å². The highest BCUT2D eigenvalue weighted by atomic mass is 16.5. The van der Waals surface area contributed by atoms with Crippen LogP contribution in [0.4, 0.5) is 4.79 Å². The highest BCUT2D eigenvalue weighted by Crippen LogP contribution is 2.46. The molecule has 178 valence electrons. The normalized spacial score (nSPS) is 22.2. The molecule has 7 nitrogen and oxygen atoms in total. The van der Waals surface area contributed by atoms with E-state index in [1.807, 2.05) is 24.3 Å². The maximum Gasteiger partial charge on any atom is 0.407 e.